The summed E-state index contributed by atoms with van der Waals surface area (Å²) in [5, 5.41) is 3.15. The van der Waals surface area contributed by atoms with Crippen LogP contribution in [-0.4, -0.2) is 49.4 Å². The van der Waals surface area contributed by atoms with Gasteiger partial charge in [-0.25, -0.2) is 0 Å². The fourth-order valence-electron chi connectivity index (χ4n) is 4.38. The lowest BCUT2D eigenvalue weighted by Crippen LogP contribution is -3.15. The predicted octanol–water partition coefficient (Wildman–Crippen LogP) is 1.38. The number of amides is 2. The van der Waals surface area contributed by atoms with Crippen LogP contribution in [0.25, 0.3) is 0 Å². The third-order valence-electron chi connectivity index (χ3n) is 6.15. The van der Waals surface area contributed by atoms with Gasteiger partial charge in [-0.3, -0.25) is 9.59 Å². The standard InChI is InChI=1S/C23H29N3O3/c1-17(19-9-8-18-5-2-3-6-20(18)15-19)24-22(27)16-25-10-12-26(13-11-25)23(28)21-7-4-14-29-21/h4,7-9,14-15,17H,2-3,5-6,10-13,16H2,1H3,(H,24,27)/p+1/t17-/m0/s1. The van der Waals surface area contributed by atoms with Crippen LogP contribution in [0.1, 0.15) is 53.1 Å². The summed E-state index contributed by atoms with van der Waals surface area (Å²) in [4.78, 5) is 27.9. The molecule has 2 N–H and O–H groups in total. The molecule has 0 saturated carbocycles. The fourth-order valence-corrected chi connectivity index (χ4v) is 4.38. The van der Waals surface area contributed by atoms with Crippen LogP contribution < -0.4 is 10.2 Å². The van der Waals surface area contributed by atoms with Crippen molar-refractivity contribution < 1.29 is 18.9 Å². The Morgan fingerprint density at radius 1 is 1.14 bits per heavy atom. The third-order valence-corrected chi connectivity index (χ3v) is 6.15. The zero-order valence-electron chi connectivity index (χ0n) is 17.1. The number of aryl methyl sites for hydroxylation is 2. The summed E-state index contributed by atoms with van der Waals surface area (Å²) in [6.45, 7) is 5.32. The van der Waals surface area contributed by atoms with Gasteiger partial charge in [-0.05, 0) is 61.4 Å². The van der Waals surface area contributed by atoms with Crippen LogP contribution >= 0.6 is 0 Å². The molecule has 29 heavy (non-hydrogen) atoms. The molecule has 0 unspecified atom stereocenters. The third kappa shape index (κ3) is 4.70. The van der Waals surface area contributed by atoms with Crippen molar-refractivity contribution in [3.05, 3.63) is 59.0 Å². The summed E-state index contributed by atoms with van der Waals surface area (Å²) in [7, 11) is 0. The van der Waals surface area contributed by atoms with Gasteiger partial charge in [0.2, 0.25) is 0 Å². The zero-order valence-corrected chi connectivity index (χ0v) is 17.1. The summed E-state index contributed by atoms with van der Waals surface area (Å²) in [6, 6.07) is 10.1. The Bertz CT molecular complexity index is 854. The van der Waals surface area contributed by atoms with Gasteiger partial charge in [0, 0.05) is 0 Å². The Morgan fingerprint density at radius 2 is 1.90 bits per heavy atom. The molecule has 6 nitrogen and oxygen atoms in total. The Balaban J connectivity index is 1.25. The maximum Gasteiger partial charge on any atom is 0.289 e. The molecule has 0 spiro atoms. The summed E-state index contributed by atoms with van der Waals surface area (Å²) >= 11 is 0. The number of nitrogens with one attached hydrogen (secondary N) is 2. The zero-order chi connectivity index (χ0) is 20.2. The minimum atomic E-state index is -0.0699. The number of furan rings is 1. The molecule has 1 atom stereocenters. The Morgan fingerprint density at radius 3 is 2.62 bits per heavy atom. The van der Waals surface area contributed by atoms with Gasteiger partial charge < -0.3 is 19.5 Å². The highest BCUT2D eigenvalue weighted by atomic mass is 16.3. The van der Waals surface area contributed by atoms with Gasteiger partial charge in [0.15, 0.2) is 12.3 Å². The largest absolute Gasteiger partial charge is 0.459 e. The van der Waals surface area contributed by atoms with Crippen molar-refractivity contribution in [3.8, 4) is 0 Å². The van der Waals surface area contributed by atoms with Gasteiger partial charge in [0.1, 0.15) is 0 Å². The summed E-state index contributed by atoms with van der Waals surface area (Å²) in [5.41, 5.74) is 4.09. The number of nitrogens with zero attached hydrogens (tertiary/aromatic N) is 1. The minimum Gasteiger partial charge on any atom is -0.459 e. The highest BCUT2D eigenvalue weighted by molar-refractivity contribution is 5.91. The first kappa shape index (κ1) is 19.7. The maximum atomic E-state index is 12.6. The van der Waals surface area contributed by atoms with Crippen LogP contribution in [0.4, 0.5) is 0 Å². The quantitative estimate of drug-likeness (QED) is 0.802. The fraction of sp³-hybridized carbons (Fsp3) is 0.478. The highest BCUT2D eigenvalue weighted by Crippen LogP contribution is 2.24. The average molecular weight is 397 g/mol. The van der Waals surface area contributed by atoms with Crippen molar-refractivity contribution in [1.29, 1.82) is 0 Å². The Kier molecular flexibility index (Phi) is 6.00. The first-order valence-electron chi connectivity index (χ1n) is 10.7. The van der Waals surface area contributed by atoms with Crippen LogP contribution in [0.3, 0.4) is 0 Å². The first-order valence-corrected chi connectivity index (χ1v) is 10.7. The van der Waals surface area contributed by atoms with E-state index in [-0.39, 0.29) is 17.9 Å². The van der Waals surface area contributed by atoms with E-state index in [1.54, 1.807) is 17.0 Å². The molecule has 2 aliphatic rings. The van der Waals surface area contributed by atoms with Gasteiger partial charge in [0.05, 0.1) is 38.5 Å². The van der Waals surface area contributed by atoms with Crippen LogP contribution in [0.5, 0.6) is 0 Å². The topological polar surface area (TPSA) is 67.0 Å². The number of hydrogen-bond donors (Lipinski definition) is 2. The molecule has 1 fully saturated rings. The molecule has 2 amide bonds. The molecule has 1 aliphatic carbocycles. The molecule has 6 heteroatoms. The van der Waals surface area contributed by atoms with Crippen molar-refractivity contribution in [1.82, 2.24) is 10.2 Å². The van der Waals surface area contributed by atoms with Crippen molar-refractivity contribution in [3.63, 3.8) is 0 Å². The van der Waals surface area contributed by atoms with Crippen LogP contribution in [0.2, 0.25) is 0 Å². The van der Waals surface area contributed by atoms with E-state index < -0.39 is 0 Å². The van der Waals surface area contributed by atoms with Crippen LogP contribution in [0, 0.1) is 0 Å². The molecule has 154 valence electrons. The lowest BCUT2D eigenvalue weighted by molar-refractivity contribution is -0.896. The molecule has 2 aromatic rings. The van der Waals surface area contributed by atoms with Gasteiger partial charge in [0.25, 0.3) is 11.8 Å². The van der Waals surface area contributed by atoms with E-state index >= 15 is 0 Å². The summed E-state index contributed by atoms with van der Waals surface area (Å²) in [5.74, 6) is 0.376. The molecule has 1 saturated heterocycles. The number of piperazine rings is 1. The Labute approximate surface area is 171 Å². The second kappa shape index (κ2) is 8.82. The summed E-state index contributed by atoms with van der Waals surface area (Å²) in [6.07, 6.45) is 6.38. The molecule has 0 radical (unpaired) electrons. The highest BCUT2D eigenvalue weighted by Gasteiger charge is 2.27. The normalized spacial score (nSPS) is 18.2. The molecule has 1 aromatic carbocycles. The summed E-state index contributed by atoms with van der Waals surface area (Å²) < 4.78 is 5.20. The van der Waals surface area contributed by atoms with Crippen LogP contribution in [0.15, 0.2) is 41.0 Å². The number of carbonyl (C=O) groups excluding carboxylic acids is 2. The molecule has 4 rings (SSSR count). The minimum absolute atomic E-state index is 0.0101. The van der Waals surface area contributed by atoms with E-state index in [0.29, 0.717) is 25.4 Å². The van der Waals surface area contributed by atoms with Gasteiger partial charge in [-0.15, -0.1) is 0 Å². The number of fused-ring (bicyclic) bond motifs is 1. The smallest absolute Gasteiger partial charge is 0.289 e. The number of carbonyl (C=O) groups is 2. The van der Waals surface area contributed by atoms with Gasteiger partial charge in [-0.1, -0.05) is 18.2 Å². The van der Waals surface area contributed by atoms with E-state index in [4.69, 9.17) is 4.42 Å². The maximum absolute atomic E-state index is 12.6. The monoisotopic (exact) mass is 396 g/mol. The van der Waals surface area contributed by atoms with Crippen molar-refractivity contribution in [2.45, 2.75) is 38.6 Å². The number of hydrogen-bond acceptors (Lipinski definition) is 3. The van der Waals surface area contributed by atoms with E-state index in [0.717, 1.165) is 19.5 Å². The van der Waals surface area contributed by atoms with E-state index in [9.17, 15) is 9.59 Å². The van der Waals surface area contributed by atoms with Crippen molar-refractivity contribution >= 4 is 11.8 Å². The lowest BCUT2D eigenvalue weighted by atomic mass is 9.89. The van der Waals surface area contributed by atoms with E-state index in [1.165, 1.54) is 47.1 Å². The molecule has 0 bridgehead atoms. The number of quaternary nitrogens is 1. The predicted molar refractivity (Wildman–Crippen MR) is 110 cm³/mol. The Hall–Kier alpha value is -2.60. The molecule has 2 heterocycles. The van der Waals surface area contributed by atoms with E-state index in [2.05, 4.69) is 30.4 Å². The van der Waals surface area contributed by atoms with Crippen molar-refractivity contribution in [2.75, 3.05) is 32.7 Å². The average Bonchev–Trinajstić information content (AvgIpc) is 3.28. The lowest BCUT2D eigenvalue weighted by Gasteiger charge is -2.31. The molecular weight excluding hydrogens is 366 g/mol. The number of benzene rings is 1. The van der Waals surface area contributed by atoms with Crippen molar-refractivity contribution in [2.24, 2.45) is 0 Å². The first-order chi connectivity index (χ1) is 14.1. The number of rotatable bonds is 5. The second-order valence-electron chi connectivity index (χ2n) is 8.22. The van der Waals surface area contributed by atoms with E-state index in [1.807, 2.05) is 0 Å². The van der Waals surface area contributed by atoms with Gasteiger partial charge >= 0.3 is 0 Å². The molecule has 1 aromatic heterocycles. The molecular formula is C23H30N3O3+. The SMILES string of the molecule is C[C@H](NC(=O)C[NH+]1CCN(C(=O)c2ccco2)CC1)c1ccc2c(c1)CCCC2. The van der Waals surface area contributed by atoms with Gasteiger partial charge in [-0.2, -0.15) is 0 Å². The second-order valence-corrected chi connectivity index (χ2v) is 8.22. The van der Waals surface area contributed by atoms with Crippen LogP contribution in [-0.2, 0) is 17.6 Å². The molecule has 1 aliphatic heterocycles.